The zero-order valence-electron chi connectivity index (χ0n) is 16.1. The Balaban J connectivity index is 0.00000320. The van der Waals surface area contributed by atoms with Crippen molar-refractivity contribution in [2.45, 2.75) is 43.4 Å². The molecule has 3 rings (SSSR count). The van der Waals surface area contributed by atoms with Gasteiger partial charge in [0.2, 0.25) is 6.29 Å². The Bertz CT molecular complexity index is 1070. The summed E-state index contributed by atoms with van der Waals surface area (Å²) in [5.74, 6) is -0.839. The molecule has 0 amide bonds. The predicted octanol–water partition coefficient (Wildman–Crippen LogP) is -4.67. The summed E-state index contributed by atoms with van der Waals surface area (Å²) in [6.45, 7) is 0.851. The van der Waals surface area contributed by atoms with Gasteiger partial charge < -0.3 is 38.9 Å². The van der Waals surface area contributed by atoms with Crippen molar-refractivity contribution in [3.63, 3.8) is 0 Å². The molecule has 2 heterocycles. The number of rotatable bonds is 5. The molecule has 1 aliphatic heterocycles. The third-order valence-electron chi connectivity index (χ3n) is 4.62. The molecule has 30 heavy (non-hydrogen) atoms. The number of hydrogen-bond donors (Lipinski definition) is 4. The molecule has 0 spiro atoms. The molecule has 4 N–H and O–H groups in total. The molecule has 1 aliphatic rings. The SMILES string of the molecule is Cc1c(O[C@@H]2OC(CO)[C@@H](O)[C@@H](O)C2O)ccc2c(CS(=O)(=O)[O-])cc(=O)oc12.[Na+]. The van der Waals surface area contributed by atoms with E-state index in [2.05, 4.69) is 0 Å². The van der Waals surface area contributed by atoms with E-state index < -0.39 is 58.8 Å². The van der Waals surface area contributed by atoms with Gasteiger partial charge >= 0.3 is 35.2 Å². The molecule has 1 aromatic heterocycles. The molecule has 0 bridgehead atoms. The molecule has 13 heteroatoms. The van der Waals surface area contributed by atoms with Gasteiger partial charge in [-0.1, -0.05) is 0 Å². The van der Waals surface area contributed by atoms with Gasteiger partial charge in [0.25, 0.3) is 0 Å². The van der Waals surface area contributed by atoms with E-state index >= 15 is 0 Å². The maximum Gasteiger partial charge on any atom is 1.00 e. The van der Waals surface area contributed by atoms with Gasteiger partial charge in [0.05, 0.1) is 22.5 Å². The van der Waals surface area contributed by atoms with E-state index in [0.29, 0.717) is 0 Å². The Morgan fingerprint density at radius 1 is 1.17 bits per heavy atom. The Kier molecular flexibility index (Phi) is 8.07. The Labute approximate surface area is 192 Å². The van der Waals surface area contributed by atoms with Crippen LogP contribution in [0.5, 0.6) is 5.75 Å². The van der Waals surface area contributed by atoms with Crippen LogP contribution in [0.2, 0.25) is 0 Å². The molecule has 1 saturated heterocycles. The molecule has 1 aromatic carbocycles. The molecule has 11 nitrogen and oxygen atoms in total. The van der Waals surface area contributed by atoms with Crippen LogP contribution in [0.3, 0.4) is 0 Å². The fourth-order valence-corrected chi connectivity index (χ4v) is 3.76. The average molecular weight is 454 g/mol. The largest absolute Gasteiger partial charge is 1.00 e. The van der Waals surface area contributed by atoms with Crippen LogP contribution in [0, 0.1) is 6.92 Å². The summed E-state index contributed by atoms with van der Waals surface area (Å²) in [7, 11) is -4.65. The van der Waals surface area contributed by atoms with E-state index in [0.717, 1.165) is 6.07 Å². The standard InChI is InChI=1S/C17H20O11S.Na/c1-7-10(26-17-15(22)14(21)13(20)11(5-18)27-17)3-2-9-8(6-29(23,24)25)4-12(19)28-16(7)9;/h2-4,11,13-15,17-18,20-22H,5-6H2,1H3,(H,23,24,25);/q;+1/p-1/t11?,13-,14-,15?,17-;/m1./s1. The molecular formula is C17H19NaO11S. The van der Waals surface area contributed by atoms with E-state index in [9.17, 15) is 38.2 Å². The average Bonchev–Trinajstić information content (AvgIpc) is 2.63. The van der Waals surface area contributed by atoms with Crippen LogP contribution in [-0.2, 0) is 20.6 Å². The fraction of sp³-hybridized carbons (Fsp3) is 0.471. The van der Waals surface area contributed by atoms with E-state index in [-0.39, 0.29) is 57.4 Å². The summed E-state index contributed by atoms with van der Waals surface area (Å²) in [5, 5.41) is 39.2. The molecule has 0 radical (unpaired) electrons. The first-order chi connectivity index (χ1) is 13.5. The number of ether oxygens (including phenoxy) is 2. The Hall–Kier alpha value is -1.06. The monoisotopic (exact) mass is 454 g/mol. The number of hydrogen-bond acceptors (Lipinski definition) is 11. The minimum Gasteiger partial charge on any atom is -0.748 e. The first-order valence-electron chi connectivity index (χ1n) is 8.49. The first kappa shape index (κ1) is 25.2. The van der Waals surface area contributed by atoms with Crippen LogP contribution in [0.4, 0.5) is 0 Å². The van der Waals surface area contributed by atoms with Gasteiger partial charge in [-0.25, -0.2) is 13.2 Å². The molecule has 1 fully saturated rings. The summed E-state index contributed by atoms with van der Waals surface area (Å²) < 4.78 is 49.2. The topological polar surface area (TPSA) is 187 Å². The van der Waals surface area contributed by atoms with E-state index in [1.165, 1.54) is 19.1 Å². The molecule has 5 atom stereocenters. The van der Waals surface area contributed by atoms with Crippen molar-refractivity contribution in [2.75, 3.05) is 6.61 Å². The fourth-order valence-electron chi connectivity index (χ4n) is 3.14. The quantitative estimate of drug-likeness (QED) is 0.193. The summed E-state index contributed by atoms with van der Waals surface area (Å²) in [5.41, 5.74) is -0.696. The summed E-state index contributed by atoms with van der Waals surface area (Å²) in [6.07, 6.45) is -7.47. The van der Waals surface area contributed by atoms with E-state index in [4.69, 9.17) is 13.9 Å². The van der Waals surface area contributed by atoms with Crippen LogP contribution < -0.4 is 39.9 Å². The maximum atomic E-state index is 11.8. The number of fused-ring (bicyclic) bond motifs is 1. The zero-order valence-corrected chi connectivity index (χ0v) is 18.9. The van der Waals surface area contributed by atoms with Gasteiger partial charge in [0.15, 0.2) is 0 Å². The van der Waals surface area contributed by atoms with Crippen molar-refractivity contribution in [1.82, 2.24) is 0 Å². The molecule has 2 unspecified atom stereocenters. The second-order valence-corrected chi connectivity index (χ2v) is 8.08. The number of benzene rings is 1. The molecule has 160 valence electrons. The number of aliphatic hydroxyl groups is 4. The molecule has 0 saturated carbocycles. The minimum atomic E-state index is -4.65. The molecule has 2 aromatic rings. The minimum absolute atomic E-state index is 0. The smallest absolute Gasteiger partial charge is 0.748 e. The predicted molar refractivity (Wildman–Crippen MR) is 95.0 cm³/mol. The van der Waals surface area contributed by atoms with Crippen molar-refractivity contribution in [3.8, 4) is 5.75 Å². The number of aryl methyl sites for hydroxylation is 1. The van der Waals surface area contributed by atoms with Gasteiger partial charge in [0.1, 0.15) is 35.7 Å². The van der Waals surface area contributed by atoms with Crippen LogP contribution in [0.15, 0.2) is 27.4 Å². The zero-order chi connectivity index (χ0) is 21.5. The third kappa shape index (κ3) is 5.22. The summed E-state index contributed by atoms with van der Waals surface area (Å²) >= 11 is 0. The first-order valence-corrected chi connectivity index (χ1v) is 10.1. The van der Waals surface area contributed by atoms with Gasteiger partial charge in [-0.2, -0.15) is 0 Å². The van der Waals surface area contributed by atoms with Crippen molar-refractivity contribution < 1.29 is 76.8 Å². The van der Waals surface area contributed by atoms with Crippen molar-refractivity contribution >= 4 is 21.1 Å². The van der Waals surface area contributed by atoms with Crippen molar-refractivity contribution in [1.29, 1.82) is 0 Å². The third-order valence-corrected chi connectivity index (χ3v) is 5.29. The van der Waals surface area contributed by atoms with E-state index in [1.54, 1.807) is 0 Å². The number of aliphatic hydroxyl groups excluding tert-OH is 4. The van der Waals surface area contributed by atoms with Crippen LogP contribution >= 0.6 is 0 Å². The summed E-state index contributed by atoms with van der Waals surface area (Å²) in [4.78, 5) is 11.8. The summed E-state index contributed by atoms with van der Waals surface area (Å²) in [6, 6.07) is 3.65. The van der Waals surface area contributed by atoms with Crippen molar-refractivity contribution in [3.05, 3.63) is 39.7 Å². The second kappa shape index (κ2) is 9.61. The van der Waals surface area contributed by atoms with Crippen LogP contribution in [0.25, 0.3) is 11.0 Å². The van der Waals surface area contributed by atoms with E-state index in [1.807, 2.05) is 0 Å². The second-order valence-electron chi connectivity index (χ2n) is 6.67. The van der Waals surface area contributed by atoms with Gasteiger partial charge in [-0.15, -0.1) is 0 Å². The molecular weight excluding hydrogens is 435 g/mol. The van der Waals surface area contributed by atoms with Crippen molar-refractivity contribution in [2.24, 2.45) is 0 Å². The normalized spacial score (nSPS) is 26.9. The van der Waals surface area contributed by atoms with Crippen LogP contribution in [-0.4, -0.2) is 70.7 Å². The Morgan fingerprint density at radius 2 is 1.83 bits per heavy atom. The maximum absolute atomic E-state index is 11.8. The molecule has 0 aliphatic carbocycles. The van der Waals surface area contributed by atoms with Crippen LogP contribution in [0.1, 0.15) is 11.1 Å². The van der Waals surface area contributed by atoms with Gasteiger partial charge in [-0.3, -0.25) is 0 Å². The van der Waals surface area contributed by atoms with Gasteiger partial charge in [-0.05, 0) is 24.6 Å². The van der Waals surface area contributed by atoms with Gasteiger partial charge in [0, 0.05) is 17.0 Å². The Morgan fingerprint density at radius 3 is 2.43 bits per heavy atom.